The molecule has 2 aliphatic rings. The molecule has 0 aliphatic heterocycles. The van der Waals surface area contributed by atoms with Crippen LogP contribution in [0.3, 0.4) is 0 Å². The number of halogens is 1. The van der Waals surface area contributed by atoms with Crippen LogP contribution in [-0.2, 0) is 0 Å². The summed E-state index contributed by atoms with van der Waals surface area (Å²) in [6, 6.07) is 8.45. The van der Waals surface area contributed by atoms with Gasteiger partial charge in [-0.1, -0.05) is 32.4 Å². The zero-order valence-electron chi connectivity index (χ0n) is 12.7. The van der Waals surface area contributed by atoms with Crippen LogP contribution in [-0.4, -0.2) is 12.1 Å². The lowest BCUT2D eigenvalue weighted by atomic mass is 9.72. The second-order valence-corrected chi connectivity index (χ2v) is 7.54. The Morgan fingerprint density at radius 3 is 2.70 bits per heavy atom. The number of rotatable bonds is 3. The van der Waals surface area contributed by atoms with Crippen LogP contribution in [0.25, 0.3) is 0 Å². The molecule has 0 amide bonds. The molecule has 0 bridgehead atoms. The fourth-order valence-corrected chi connectivity index (χ4v) is 3.96. The Kier molecular flexibility index (Phi) is 3.85. The first-order chi connectivity index (χ1) is 9.52. The van der Waals surface area contributed by atoms with Crippen LogP contribution in [0.1, 0.15) is 63.9 Å². The maximum absolute atomic E-state index is 13.2. The van der Waals surface area contributed by atoms with E-state index in [-0.39, 0.29) is 5.82 Å². The number of benzene rings is 1. The second-order valence-electron chi connectivity index (χ2n) is 7.54. The Hall–Kier alpha value is -0.890. The molecule has 1 unspecified atom stereocenters. The molecule has 2 fully saturated rings. The monoisotopic (exact) mass is 275 g/mol. The lowest BCUT2D eigenvalue weighted by molar-refractivity contribution is 0.164. The van der Waals surface area contributed by atoms with Crippen LogP contribution in [0, 0.1) is 11.2 Å². The zero-order valence-corrected chi connectivity index (χ0v) is 12.7. The SMILES string of the molecule is CC1(C)CCCC(NC2CC(c3cccc(F)c3)C2)C1. The molecule has 2 saturated carbocycles. The molecule has 1 nitrogen and oxygen atoms in total. The third-order valence-corrected chi connectivity index (χ3v) is 5.13. The summed E-state index contributed by atoms with van der Waals surface area (Å²) in [5.41, 5.74) is 1.67. The summed E-state index contributed by atoms with van der Waals surface area (Å²) in [6.07, 6.45) is 7.67. The maximum Gasteiger partial charge on any atom is 0.123 e. The highest BCUT2D eigenvalue weighted by molar-refractivity contribution is 5.23. The molecule has 110 valence electrons. The molecule has 0 saturated heterocycles. The van der Waals surface area contributed by atoms with Gasteiger partial charge >= 0.3 is 0 Å². The molecule has 1 aromatic carbocycles. The van der Waals surface area contributed by atoms with Gasteiger partial charge in [0.25, 0.3) is 0 Å². The van der Waals surface area contributed by atoms with E-state index in [2.05, 4.69) is 25.2 Å². The Bertz CT molecular complexity index is 462. The quantitative estimate of drug-likeness (QED) is 0.848. The van der Waals surface area contributed by atoms with Crippen LogP contribution in [0.5, 0.6) is 0 Å². The van der Waals surface area contributed by atoms with Gasteiger partial charge in [-0.15, -0.1) is 0 Å². The van der Waals surface area contributed by atoms with Crippen molar-refractivity contribution < 1.29 is 4.39 Å². The van der Waals surface area contributed by atoms with Crippen molar-refractivity contribution >= 4 is 0 Å². The predicted octanol–water partition coefficient (Wildman–Crippen LogP) is 4.63. The van der Waals surface area contributed by atoms with Crippen molar-refractivity contribution in [1.29, 1.82) is 0 Å². The van der Waals surface area contributed by atoms with Gasteiger partial charge in [0.1, 0.15) is 5.82 Å². The zero-order chi connectivity index (χ0) is 14.2. The van der Waals surface area contributed by atoms with E-state index in [1.165, 1.54) is 50.2 Å². The van der Waals surface area contributed by atoms with Gasteiger partial charge in [0.2, 0.25) is 0 Å². The molecule has 2 heteroatoms. The molecule has 1 aromatic rings. The van der Waals surface area contributed by atoms with Gasteiger partial charge in [0, 0.05) is 12.1 Å². The van der Waals surface area contributed by atoms with Crippen molar-refractivity contribution in [3.8, 4) is 0 Å². The van der Waals surface area contributed by atoms with E-state index >= 15 is 0 Å². The summed E-state index contributed by atoms with van der Waals surface area (Å²) in [5.74, 6) is 0.452. The molecule has 0 spiro atoms. The van der Waals surface area contributed by atoms with Gasteiger partial charge in [-0.05, 0) is 61.1 Å². The van der Waals surface area contributed by atoms with Crippen molar-refractivity contribution in [2.75, 3.05) is 0 Å². The standard InChI is InChI=1S/C18H26FN/c1-18(2)8-4-7-16(12-18)20-17-10-14(11-17)13-5-3-6-15(19)9-13/h3,5-6,9,14,16-17,20H,4,7-8,10-12H2,1-2H3. The summed E-state index contributed by atoms with van der Waals surface area (Å²) in [7, 11) is 0. The molecule has 2 aliphatic carbocycles. The van der Waals surface area contributed by atoms with Crippen molar-refractivity contribution in [2.24, 2.45) is 5.41 Å². The minimum absolute atomic E-state index is 0.104. The Morgan fingerprint density at radius 1 is 1.20 bits per heavy atom. The molecule has 0 radical (unpaired) electrons. The Balaban J connectivity index is 1.49. The minimum Gasteiger partial charge on any atom is -0.311 e. The molecule has 0 aromatic heterocycles. The first kappa shape index (κ1) is 14.1. The van der Waals surface area contributed by atoms with Gasteiger partial charge in [-0.2, -0.15) is 0 Å². The van der Waals surface area contributed by atoms with Gasteiger partial charge in [0.15, 0.2) is 0 Å². The van der Waals surface area contributed by atoms with Crippen LogP contribution in [0.15, 0.2) is 24.3 Å². The third kappa shape index (κ3) is 3.22. The smallest absolute Gasteiger partial charge is 0.123 e. The third-order valence-electron chi connectivity index (χ3n) is 5.13. The van der Waals surface area contributed by atoms with E-state index in [0.717, 1.165) is 0 Å². The van der Waals surface area contributed by atoms with Crippen molar-refractivity contribution in [3.63, 3.8) is 0 Å². The number of hydrogen-bond donors (Lipinski definition) is 1. The lowest BCUT2D eigenvalue weighted by Gasteiger charge is -2.42. The molecule has 20 heavy (non-hydrogen) atoms. The molecular formula is C18H26FN. The van der Waals surface area contributed by atoms with E-state index in [1.54, 1.807) is 6.07 Å². The predicted molar refractivity (Wildman–Crippen MR) is 81.3 cm³/mol. The van der Waals surface area contributed by atoms with E-state index in [4.69, 9.17) is 0 Å². The Morgan fingerprint density at radius 2 is 2.00 bits per heavy atom. The minimum atomic E-state index is -0.104. The van der Waals surface area contributed by atoms with E-state index in [9.17, 15) is 4.39 Å². The van der Waals surface area contributed by atoms with Gasteiger partial charge in [-0.3, -0.25) is 0 Å². The highest BCUT2D eigenvalue weighted by Gasteiger charge is 2.34. The van der Waals surface area contributed by atoms with E-state index in [0.29, 0.717) is 23.4 Å². The summed E-state index contributed by atoms with van der Waals surface area (Å²) >= 11 is 0. The Labute approximate surface area is 122 Å². The largest absolute Gasteiger partial charge is 0.311 e. The van der Waals surface area contributed by atoms with Crippen molar-refractivity contribution in [1.82, 2.24) is 5.32 Å². The first-order valence-electron chi connectivity index (χ1n) is 8.03. The fraction of sp³-hybridized carbons (Fsp3) is 0.667. The van der Waals surface area contributed by atoms with E-state index < -0.39 is 0 Å². The van der Waals surface area contributed by atoms with Gasteiger partial charge < -0.3 is 5.32 Å². The summed E-state index contributed by atoms with van der Waals surface area (Å²) in [4.78, 5) is 0. The number of nitrogens with one attached hydrogen (secondary N) is 1. The average Bonchev–Trinajstić information content (AvgIpc) is 2.32. The van der Waals surface area contributed by atoms with Crippen molar-refractivity contribution in [2.45, 2.75) is 70.4 Å². The van der Waals surface area contributed by atoms with Crippen molar-refractivity contribution in [3.05, 3.63) is 35.6 Å². The molecule has 0 heterocycles. The van der Waals surface area contributed by atoms with Gasteiger partial charge in [-0.25, -0.2) is 4.39 Å². The maximum atomic E-state index is 13.2. The number of hydrogen-bond acceptors (Lipinski definition) is 1. The molecule has 1 N–H and O–H groups in total. The van der Waals surface area contributed by atoms with Crippen LogP contribution < -0.4 is 5.32 Å². The topological polar surface area (TPSA) is 12.0 Å². The molecule has 3 rings (SSSR count). The summed E-state index contributed by atoms with van der Waals surface area (Å²) < 4.78 is 13.2. The van der Waals surface area contributed by atoms with E-state index in [1.807, 2.05) is 6.07 Å². The van der Waals surface area contributed by atoms with Crippen LogP contribution in [0.4, 0.5) is 4.39 Å². The average molecular weight is 275 g/mol. The highest BCUT2D eigenvalue weighted by atomic mass is 19.1. The summed E-state index contributed by atoms with van der Waals surface area (Å²) in [6.45, 7) is 4.77. The normalized spacial score (nSPS) is 32.6. The van der Waals surface area contributed by atoms with Crippen LogP contribution >= 0.6 is 0 Å². The second kappa shape index (κ2) is 5.48. The van der Waals surface area contributed by atoms with Gasteiger partial charge in [0.05, 0.1) is 0 Å². The molecule has 1 atom stereocenters. The van der Waals surface area contributed by atoms with Crippen LogP contribution in [0.2, 0.25) is 0 Å². The summed E-state index contributed by atoms with van der Waals surface area (Å²) in [5, 5.41) is 3.83. The fourth-order valence-electron chi connectivity index (χ4n) is 3.96. The lowest BCUT2D eigenvalue weighted by Crippen LogP contribution is -2.48. The first-order valence-corrected chi connectivity index (χ1v) is 8.03. The highest BCUT2D eigenvalue weighted by Crippen LogP contribution is 2.40. The molecular weight excluding hydrogens is 249 g/mol.